The van der Waals surface area contributed by atoms with Gasteiger partial charge in [-0.2, -0.15) is 0 Å². The number of nitro benzene ring substituents is 1. The lowest BCUT2D eigenvalue weighted by atomic mass is 9.65. The van der Waals surface area contributed by atoms with Crippen molar-refractivity contribution in [2.45, 2.75) is 44.6 Å². The Bertz CT molecular complexity index is 861. The number of hydrogen-bond donors (Lipinski definition) is 1. The van der Waals surface area contributed by atoms with E-state index in [4.69, 9.17) is 4.74 Å². The van der Waals surface area contributed by atoms with E-state index in [0.717, 1.165) is 12.7 Å². The Hall–Kier alpha value is -2.49. The molecule has 0 aliphatic heterocycles. The zero-order chi connectivity index (χ0) is 21.7. The quantitative estimate of drug-likeness (QED) is 0.342. The first-order valence-corrected chi connectivity index (χ1v) is 11.4. The van der Waals surface area contributed by atoms with Crippen LogP contribution in [0.1, 0.15) is 37.7 Å². The molecule has 1 atom stereocenters. The van der Waals surface area contributed by atoms with Gasteiger partial charge >= 0.3 is 5.97 Å². The number of non-ortho nitro benzene ring substituents is 1. The smallest absolute Gasteiger partial charge is 0.328 e. The van der Waals surface area contributed by atoms with E-state index < -0.39 is 32.2 Å². The summed E-state index contributed by atoms with van der Waals surface area (Å²) < 4.78 is 27.5. The maximum Gasteiger partial charge on any atom is 0.328 e. The van der Waals surface area contributed by atoms with Crippen LogP contribution in [0.4, 0.5) is 5.69 Å². The van der Waals surface area contributed by atoms with Crippen molar-refractivity contribution >= 4 is 27.4 Å². The van der Waals surface area contributed by atoms with E-state index in [1.54, 1.807) is 0 Å². The number of ether oxygens (including phenoxy) is 1. The van der Waals surface area contributed by atoms with Crippen molar-refractivity contribution in [3.63, 3.8) is 0 Å². The Balaban J connectivity index is 2.07. The molecule has 0 spiro atoms. The lowest BCUT2D eigenvalue weighted by Gasteiger charge is -2.41. The first kappa shape index (κ1) is 22.8. The highest BCUT2D eigenvalue weighted by Gasteiger charge is 2.44. The Kier molecular flexibility index (Phi) is 7.34. The van der Waals surface area contributed by atoms with Crippen molar-refractivity contribution in [3.05, 3.63) is 39.9 Å². The van der Waals surface area contributed by atoms with E-state index in [1.807, 2.05) is 0 Å². The molecule has 1 aromatic carbocycles. The van der Waals surface area contributed by atoms with Crippen molar-refractivity contribution in [2.75, 3.05) is 19.1 Å². The number of rotatable bonds is 10. The van der Waals surface area contributed by atoms with E-state index >= 15 is 0 Å². The number of benzene rings is 1. The summed E-state index contributed by atoms with van der Waals surface area (Å²) in [6.45, 7) is 0. The fourth-order valence-electron chi connectivity index (χ4n) is 3.50. The molecule has 29 heavy (non-hydrogen) atoms. The average Bonchev–Trinajstić information content (AvgIpc) is 2.62. The summed E-state index contributed by atoms with van der Waals surface area (Å²) in [5, 5.41) is 13.5. The van der Waals surface area contributed by atoms with Gasteiger partial charge in [0.1, 0.15) is 15.9 Å². The molecule has 1 N–H and O–H groups in total. The first-order valence-electron chi connectivity index (χ1n) is 9.36. The Morgan fingerprint density at radius 2 is 1.90 bits per heavy atom. The summed E-state index contributed by atoms with van der Waals surface area (Å²) >= 11 is 0. The van der Waals surface area contributed by atoms with Crippen LogP contribution in [-0.4, -0.2) is 50.4 Å². The molecule has 1 aliphatic rings. The normalized spacial score (nSPS) is 16.3. The maximum absolute atomic E-state index is 12.9. The number of sulfone groups is 1. The number of carbonyl (C=O) groups excluding carboxylic acids is 2. The fraction of sp³-hybridized carbons (Fsp3) is 0.579. The van der Waals surface area contributed by atoms with Gasteiger partial charge < -0.3 is 10.1 Å². The third-order valence-corrected chi connectivity index (χ3v) is 6.37. The van der Waals surface area contributed by atoms with Gasteiger partial charge in [0, 0.05) is 36.0 Å². The van der Waals surface area contributed by atoms with Crippen LogP contribution in [0.2, 0.25) is 0 Å². The number of nitrogens with zero attached hydrogens (tertiary/aromatic N) is 1. The van der Waals surface area contributed by atoms with Crippen molar-refractivity contribution in [1.29, 1.82) is 0 Å². The summed E-state index contributed by atoms with van der Waals surface area (Å²) in [4.78, 5) is 35.3. The number of nitrogens with one attached hydrogen (secondary N) is 1. The van der Waals surface area contributed by atoms with Crippen LogP contribution in [0, 0.1) is 15.5 Å². The van der Waals surface area contributed by atoms with Gasteiger partial charge in [-0.3, -0.25) is 14.9 Å². The molecule has 0 unspecified atom stereocenters. The molecule has 1 saturated carbocycles. The van der Waals surface area contributed by atoms with Gasteiger partial charge in [0.05, 0.1) is 12.0 Å². The van der Waals surface area contributed by atoms with Crippen molar-refractivity contribution in [2.24, 2.45) is 5.41 Å². The highest BCUT2D eigenvalue weighted by Crippen LogP contribution is 2.45. The summed E-state index contributed by atoms with van der Waals surface area (Å²) in [5.41, 5.74) is -0.0790. The number of esters is 1. The molecular formula is C19H26N2O7S. The molecule has 1 fully saturated rings. The predicted octanol–water partition coefficient (Wildman–Crippen LogP) is 1.79. The summed E-state index contributed by atoms with van der Waals surface area (Å²) in [6.07, 6.45) is 4.29. The van der Waals surface area contributed by atoms with Crippen LogP contribution in [0.3, 0.4) is 0 Å². The van der Waals surface area contributed by atoms with E-state index in [1.165, 1.54) is 31.4 Å². The molecule has 9 nitrogen and oxygen atoms in total. The molecule has 160 valence electrons. The van der Waals surface area contributed by atoms with Gasteiger partial charge in [0.25, 0.3) is 5.69 Å². The maximum atomic E-state index is 12.9. The van der Waals surface area contributed by atoms with Gasteiger partial charge in [0.2, 0.25) is 5.91 Å². The second kappa shape index (κ2) is 9.34. The number of hydrogen-bond acceptors (Lipinski definition) is 7. The standard InChI is InChI=1S/C19H26N2O7S/c1-28-17(22)16(13-14-5-7-15(8-6-14)21(24)25)20-18(23)19(9-3-10-19)11-4-12-29(2,26)27/h5-8,16H,3-4,9-13H2,1-2H3,(H,20,23)/t16-/m0/s1. The summed E-state index contributed by atoms with van der Waals surface area (Å²) in [7, 11) is -1.88. The van der Waals surface area contributed by atoms with E-state index in [-0.39, 0.29) is 23.8 Å². The topological polar surface area (TPSA) is 133 Å². The zero-order valence-corrected chi connectivity index (χ0v) is 17.4. The van der Waals surface area contributed by atoms with Crippen LogP contribution in [0.15, 0.2) is 24.3 Å². The molecule has 1 aromatic rings. The fourth-order valence-corrected chi connectivity index (χ4v) is 4.17. The summed E-state index contributed by atoms with van der Waals surface area (Å²) in [5.74, 6) is -0.873. The van der Waals surface area contributed by atoms with Gasteiger partial charge in [-0.1, -0.05) is 18.6 Å². The largest absolute Gasteiger partial charge is 0.467 e. The monoisotopic (exact) mass is 426 g/mol. The number of nitro groups is 1. The molecule has 2 rings (SSSR count). The van der Waals surface area contributed by atoms with Crippen LogP contribution in [0.25, 0.3) is 0 Å². The average molecular weight is 426 g/mol. The van der Waals surface area contributed by atoms with Gasteiger partial charge in [0.15, 0.2) is 0 Å². The van der Waals surface area contributed by atoms with Crippen LogP contribution in [0.5, 0.6) is 0 Å². The highest BCUT2D eigenvalue weighted by atomic mass is 32.2. The molecule has 0 heterocycles. The van der Waals surface area contributed by atoms with Crippen LogP contribution in [-0.2, 0) is 30.6 Å². The SMILES string of the molecule is COC(=O)[C@H](Cc1ccc([N+](=O)[O-])cc1)NC(=O)C1(CCCS(C)(=O)=O)CCC1. The number of amides is 1. The molecular weight excluding hydrogens is 400 g/mol. The van der Waals surface area contributed by atoms with Gasteiger partial charge in [-0.25, -0.2) is 13.2 Å². The third kappa shape index (κ3) is 6.25. The van der Waals surface area contributed by atoms with Crippen LogP contribution < -0.4 is 5.32 Å². The molecule has 1 aliphatic carbocycles. The Morgan fingerprint density at radius 1 is 1.28 bits per heavy atom. The molecule has 0 saturated heterocycles. The number of methoxy groups -OCH3 is 1. The molecule has 1 amide bonds. The highest BCUT2D eigenvalue weighted by molar-refractivity contribution is 7.90. The Labute approximate surface area is 169 Å². The van der Waals surface area contributed by atoms with Gasteiger partial charge in [-0.15, -0.1) is 0 Å². The van der Waals surface area contributed by atoms with E-state index in [0.29, 0.717) is 31.2 Å². The minimum atomic E-state index is -3.10. The van der Waals surface area contributed by atoms with E-state index in [2.05, 4.69) is 5.32 Å². The Morgan fingerprint density at radius 3 is 2.34 bits per heavy atom. The van der Waals surface area contributed by atoms with Crippen LogP contribution >= 0.6 is 0 Å². The lowest BCUT2D eigenvalue weighted by molar-refractivity contribution is -0.384. The number of carbonyl (C=O) groups is 2. The molecule has 0 aromatic heterocycles. The third-order valence-electron chi connectivity index (χ3n) is 5.34. The molecule has 0 bridgehead atoms. The zero-order valence-electron chi connectivity index (χ0n) is 16.5. The predicted molar refractivity (Wildman–Crippen MR) is 106 cm³/mol. The minimum Gasteiger partial charge on any atom is -0.467 e. The van der Waals surface area contributed by atoms with Gasteiger partial charge in [-0.05, 0) is 31.2 Å². The lowest BCUT2D eigenvalue weighted by Crippen LogP contribution is -2.52. The minimum absolute atomic E-state index is 0.0191. The van der Waals surface area contributed by atoms with E-state index in [9.17, 15) is 28.1 Å². The van der Waals surface area contributed by atoms with Crippen molar-refractivity contribution in [3.8, 4) is 0 Å². The first-order chi connectivity index (χ1) is 13.6. The molecule has 0 radical (unpaired) electrons. The second-order valence-corrected chi connectivity index (χ2v) is 9.80. The second-order valence-electron chi connectivity index (χ2n) is 7.54. The van der Waals surface area contributed by atoms with Crippen molar-refractivity contribution < 1.29 is 27.7 Å². The van der Waals surface area contributed by atoms with Crippen molar-refractivity contribution in [1.82, 2.24) is 5.32 Å². The molecule has 10 heteroatoms. The summed E-state index contributed by atoms with van der Waals surface area (Å²) in [6, 6.07) is 4.81.